The largest absolute Gasteiger partial charge is 0.456 e. The first-order valence-corrected chi connectivity index (χ1v) is 8.74. The number of unbranched alkanes of at least 4 members (excludes halogenated alkanes) is 4. The number of carbonyl (C=O) groups is 2. The molecule has 1 aromatic rings. The van der Waals surface area contributed by atoms with Crippen LogP contribution in [-0.2, 0) is 20.7 Å². The first-order chi connectivity index (χ1) is 11.6. The summed E-state index contributed by atoms with van der Waals surface area (Å²) >= 11 is 0. The molecule has 5 nitrogen and oxygen atoms in total. The number of rotatable bonds is 9. The lowest BCUT2D eigenvalue weighted by Gasteiger charge is -2.15. The Balaban J connectivity index is 1.81. The predicted octanol–water partition coefficient (Wildman–Crippen LogP) is 3.03. The van der Waals surface area contributed by atoms with Crippen molar-refractivity contribution >= 4 is 11.9 Å². The van der Waals surface area contributed by atoms with E-state index < -0.39 is 24.1 Å². The van der Waals surface area contributed by atoms with Crippen molar-refractivity contribution < 1.29 is 24.2 Å². The number of aliphatic hydroxyl groups excluding tert-OH is 1. The van der Waals surface area contributed by atoms with E-state index in [9.17, 15) is 9.59 Å². The van der Waals surface area contributed by atoms with Crippen LogP contribution < -0.4 is 0 Å². The number of ether oxygens (including phenoxy) is 2. The highest BCUT2D eigenvalue weighted by Crippen LogP contribution is 2.20. The van der Waals surface area contributed by atoms with Crippen LogP contribution in [0.2, 0.25) is 0 Å². The van der Waals surface area contributed by atoms with Crippen molar-refractivity contribution in [3.63, 3.8) is 0 Å². The number of hydrogen-bond donors (Lipinski definition) is 1. The highest BCUT2D eigenvalue weighted by Gasteiger charge is 2.37. The molecular weight excluding hydrogens is 308 g/mol. The van der Waals surface area contributed by atoms with E-state index >= 15 is 0 Å². The van der Waals surface area contributed by atoms with Crippen molar-refractivity contribution in [3.05, 3.63) is 35.4 Å². The Kier molecular flexibility index (Phi) is 7.25. The third kappa shape index (κ3) is 5.34. The van der Waals surface area contributed by atoms with E-state index in [0.29, 0.717) is 5.56 Å². The summed E-state index contributed by atoms with van der Waals surface area (Å²) in [6.45, 7) is 1.86. The van der Waals surface area contributed by atoms with Crippen LogP contribution in [0.25, 0.3) is 0 Å². The molecule has 0 saturated carbocycles. The highest BCUT2D eigenvalue weighted by atomic mass is 16.6. The van der Waals surface area contributed by atoms with Gasteiger partial charge in [0.25, 0.3) is 0 Å². The lowest BCUT2D eigenvalue weighted by molar-refractivity contribution is -0.143. The monoisotopic (exact) mass is 334 g/mol. The van der Waals surface area contributed by atoms with Crippen LogP contribution in [0.3, 0.4) is 0 Å². The summed E-state index contributed by atoms with van der Waals surface area (Å²) in [4.78, 5) is 23.4. The van der Waals surface area contributed by atoms with E-state index in [1.807, 2.05) is 12.1 Å². The van der Waals surface area contributed by atoms with Gasteiger partial charge >= 0.3 is 11.9 Å². The van der Waals surface area contributed by atoms with Crippen LogP contribution >= 0.6 is 0 Å². The van der Waals surface area contributed by atoms with E-state index in [1.54, 1.807) is 12.1 Å². The number of benzene rings is 1. The van der Waals surface area contributed by atoms with Gasteiger partial charge in [0.1, 0.15) is 0 Å². The van der Waals surface area contributed by atoms with Gasteiger partial charge in [-0.25, -0.2) is 4.79 Å². The molecule has 1 heterocycles. The standard InChI is InChI=1S/C19H26O5/c1-2-3-4-5-6-7-14-8-10-15(11-9-14)19(22)24-16-12-18(21)23-17(16)13-20/h8-11,16-17,20H,2-7,12-13H2,1H3/t16-,17+/m0/s1. The van der Waals surface area contributed by atoms with E-state index in [4.69, 9.17) is 14.6 Å². The summed E-state index contributed by atoms with van der Waals surface area (Å²) in [5.41, 5.74) is 1.65. The summed E-state index contributed by atoms with van der Waals surface area (Å²) in [6, 6.07) is 7.37. The lowest BCUT2D eigenvalue weighted by Crippen LogP contribution is -2.30. The number of cyclic esters (lactones) is 1. The van der Waals surface area contributed by atoms with Gasteiger partial charge in [-0.1, -0.05) is 44.7 Å². The van der Waals surface area contributed by atoms with Crippen molar-refractivity contribution in [2.75, 3.05) is 6.61 Å². The molecule has 1 saturated heterocycles. The molecule has 1 aliphatic rings. The molecule has 1 aliphatic heterocycles. The van der Waals surface area contributed by atoms with E-state index in [2.05, 4.69) is 6.92 Å². The van der Waals surface area contributed by atoms with E-state index in [0.717, 1.165) is 12.8 Å². The molecule has 0 radical (unpaired) electrons. The second-order valence-corrected chi connectivity index (χ2v) is 6.22. The summed E-state index contributed by atoms with van der Waals surface area (Å²) in [5, 5.41) is 9.14. The van der Waals surface area contributed by atoms with Crippen LogP contribution in [0.5, 0.6) is 0 Å². The third-order valence-electron chi connectivity index (χ3n) is 4.26. The van der Waals surface area contributed by atoms with E-state index in [1.165, 1.54) is 31.2 Å². The number of carbonyl (C=O) groups excluding carboxylic acids is 2. The van der Waals surface area contributed by atoms with Crippen LogP contribution in [0.15, 0.2) is 24.3 Å². The molecule has 0 bridgehead atoms. The van der Waals surface area contributed by atoms with Crippen molar-refractivity contribution in [1.29, 1.82) is 0 Å². The van der Waals surface area contributed by atoms with Crippen LogP contribution in [0.1, 0.15) is 61.4 Å². The zero-order chi connectivity index (χ0) is 17.4. The van der Waals surface area contributed by atoms with Gasteiger partial charge in [-0.05, 0) is 30.5 Å². The van der Waals surface area contributed by atoms with Crippen molar-refractivity contribution in [2.24, 2.45) is 0 Å². The molecule has 0 aromatic heterocycles. The first-order valence-electron chi connectivity index (χ1n) is 8.74. The lowest BCUT2D eigenvalue weighted by atomic mass is 10.0. The molecule has 5 heteroatoms. The predicted molar refractivity (Wildman–Crippen MR) is 89.7 cm³/mol. The van der Waals surface area contributed by atoms with Gasteiger partial charge in [-0.15, -0.1) is 0 Å². The summed E-state index contributed by atoms with van der Waals surface area (Å²) in [6.07, 6.45) is 5.72. The molecule has 132 valence electrons. The fourth-order valence-corrected chi connectivity index (χ4v) is 2.81. The normalized spacial score (nSPS) is 20.0. The van der Waals surface area contributed by atoms with Gasteiger partial charge in [0.05, 0.1) is 18.6 Å². The van der Waals surface area contributed by atoms with Gasteiger partial charge in [-0.3, -0.25) is 4.79 Å². The molecule has 1 N–H and O–H groups in total. The van der Waals surface area contributed by atoms with Crippen LogP contribution in [0.4, 0.5) is 0 Å². The average Bonchev–Trinajstić information content (AvgIpc) is 2.94. The third-order valence-corrected chi connectivity index (χ3v) is 4.26. The van der Waals surface area contributed by atoms with Crippen LogP contribution in [0, 0.1) is 0 Å². The quantitative estimate of drug-likeness (QED) is 0.555. The van der Waals surface area contributed by atoms with Crippen molar-refractivity contribution in [2.45, 2.75) is 64.1 Å². The minimum Gasteiger partial charge on any atom is -0.456 e. The first kappa shape index (κ1) is 18.5. The minimum atomic E-state index is -0.760. The molecule has 0 aliphatic carbocycles. The SMILES string of the molecule is CCCCCCCc1ccc(C(=O)O[C@H]2CC(=O)O[C@@H]2CO)cc1. The molecule has 2 atom stereocenters. The summed E-state index contributed by atoms with van der Waals surface area (Å²) in [7, 11) is 0. The Bertz CT molecular complexity index is 537. The fourth-order valence-electron chi connectivity index (χ4n) is 2.81. The molecular formula is C19H26O5. The zero-order valence-electron chi connectivity index (χ0n) is 14.2. The molecule has 24 heavy (non-hydrogen) atoms. The number of aryl methyl sites for hydroxylation is 1. The Labute approximate surface area is 143 Å². The van der Waals surface area contributed by atoms with Gasteiger partial charge in [0.15, 0.2) is 12.2 Å². The molecule has 0 amide bonds. The fraction of sp³-hybridized carbons (Fsp3) is 0.579. The molecule has 0 spiro atoms. The second kappa shape index (κ2) is 9.42. The average molecular weight is 334 g/mol. The van der Waals surface area contributed by atoms with Gasteiger partial charge in [0, 0.05) is 0 Å². The molecule has 1 aromatic carbocycles. The maximum absolute atomic E-state index is 12.1. The Hall–Kier alpha value is -1.88. The Morgan fingerprint density at radius 3 is 2.58 bits per heavy atom. The van der Waals surface area contributed by atoms with Crippen LogP contribution in [-0.4, -0.2) is 35.9 Å². The van der Waals surface area contributed by atoms with Gasteiger partial charge in [0.2, 0.25) is 0 Å². The minimum absolute atomic E-state index is 0.00713. The topological polar surface area (TPSA) is 72.8 Å². The highest BCUT2D eigenvalue weighted by molar-refractivity contribution is 5.90. The Morgan fingerprint density at radius 1 is 1.21 bits per heavy atom. The Morgan fingerprint density at radius 2 is 1.92 bits per heavy atom. The van der Waals surface area contributed by atoms with Gasteiger partial charge in [-0.2, -0.15) is 0 Å². The summed E-state index contributed by atoms with van der Waals surface area (Å²) in [5.74, 6) is -0.948. The number of esters is 2. The molecule has 0 unspecified atom stereocenters. The number of aliphatic hydroxyl groups is 1. The maximum Gasteiger partial charge on any atom is 0.338 e. The van der Waals surface area contributed by atoms with Gasteiger partial charge < -0.3 is 14.6 Å². The maximum atomic E-state index is 12.1. The number of hydrogen-bond acceptors (Lipinski definition) is 5. The second-order valence-electron chi connectivity index (χ2n) is 6.22. The van der Waals surface area contributed by atoms with Crippen molar-refractivity contribution in [3.8, 4) is 0 Å². The van der Waals surface area contributed by atoms with E-state index in [-0.39, 0.29) is 13.0 Å². The van der Waals surface area contributed by atoms with Crippen molar-refractivity contribution in [1.82, 2.24) is 0 Å². The molecule has 1 fully saturated rings. The molecule has 2 rings (SSSR count). The smallest absolute Gasteiger partial charge is 0.338 e. The summed E-state index contributed by atoms with van der Waals surface area (Å²) < 4.78 is 10.2. The zero-order valence-corrected chi connectivity index (χ0v) is 14.2.